The number of ether oxygens (including phenoxy) is 1. The van der Waals surface area contributed by atoms with Gasteiger partial charge in [-0.2, -0.15) is 0 Å². The summed E-state index contributed by atoms with van der Waals surface area (Å²) in [5.74, 6) is 0.693. The number of rotatable bonds is 3. The molecule has 0 saturated carbocycles. The normalized spacial score (nSPS) is 10.8. The molecule has 0 saturated heterocycles. The van der Waals surface area contributed by atoms with E-state index in [4.69, 9.17) is 20.8 Å². The summed E-state index contributed by atoms with van der Waals surface area (Å²) in [6.45, 7) is 0. The second-order valence-electron chi connectivity index (χ2n) is 4.05. The highest BCUT2D eigenvalue weighted by atomic mass is 35.5. The standard InChI is InChI=1S/C14H10ClNO3/c1-18-8-2-3-11-9(6-8)10(7-16-11)14(17)12-4-5-13(15)19-12/h2-7,16H,1H3. The van der Waals surface area contributed by atoms with Gasteiger partial charge >= 0.3 is 0 Å². The highest BCUT2D eigenvalue weighted by molar-refractivity contribution is 6.29. The zero-order chi connectivity index (χ0) is 13.4. The van der Waals surface area contributed by atoms with Crippen LogP contribution < -0.4 is 4.74 Å². The van der Waals surface area contributed by atoms with Gasteiger partial charge in [-0.3, -0.25) is 4.79 Å². The van der Waals surface area contributed by atoms with Crippen molar-refractivity contribution in [1.29, 1.82) is 0 Å². The first-order valence-corrected chi connectivity index (χ1v) is 6.02. The highest BCUT2D eigenvalue weighted by Crippen LogP contribution is 2.26. The molecule has 0 aliphatic carbocycles. The van der Waals surface area contributed by atoms with Crippen molar-refractivity contribution in [3.05, 3.63) is 53.1 Å². The van der Waals surface area contributed by atoms with Crippen LogP contribution in [0.1, 0.15) is 16.1 Å². The van der Waals surface area contributed by atoms with E-state index in [1.165, 1.54) is 0 Å². The maximum atomic E-state index is 12.3. The van der Waals surface area contributed by atoms with Crippen LogP contribution in [0.4, 0.5) is 0 Å². The number of aromatic amines is 1. The summed E-state index contributed by atoms with van der Waals surface area (Å²) < 4.78 is 10.3. The number of ketones is 1. The SMILES string of the molecule is COc1ccc2[nH]cc(C(=O)c3ccc(Cl)o3)c2c1. The van der Waals surface area contributed by atoms with Gasteiger partial charge in [-0.25, -0.2) is 0 Å². The summed E-state index contributed by atoms with van der Waals surface area (Å²) in [7, 11) is 1.58. The monoisotopic (exact) mass is 275 g/mol. The quantitative estimate of drug-likeness (QED) is 0.742. The molecule has 0 spiro atoms. The first kappa shape index (κ1) is 11.9. The fraction of sp³-hybridized carbons (Fsp3) is 0.0714. The van der Waals surface area contributed by atoms with Crippen molar-refractivity contribution in [3.8, 4) is 5.75 Å². The van der Waals surface area contributed by atoms with E-state index in [9.17, 15) is 4.79 Å². The summed E-state index contributed by atoms with van der Waals surface area (Å²) in [6, 6.07) is 8.61. The average Bonchev–Trinajstić information content (AvgIpc) is 3.03. The summed E-state index contributed by atoms with van der Waals surface area (Å²) in [5.41, 5.74) is 1.39. The van der Waals surface area contributed by atoms with Gasteiger partial charge in [0.05, 0.1) is 12.7 Å². The topological polar surface area (TPSA) is 55.2 Å². The molecule has 0 atom stereocenters. The number of aromatic nitrogens is 1. The van der Waals surface area contributed by atoms with E-state index in [0.29, 0.717) is 11.3 Å². The minimum Gasteiger partial charge on any atom is -0.497 e. The lowest BCUT2D eigenvalue weighted by Crippen LogP contribution is -1.98. The van der Waals surface area contributed by atoms with E-state index in [0.717, 1.165) is 10.9 Å². The van der Waals surface area contributed by atoms with Crippen molar-refractivity contribution < 1.29 is 13.9 Å². The Bertz CT molecular complexity index is 757. The van der Waals surface area contributed by atoms with Crippen molar-refractivity contribution in [2.24, 2.45) is 0 Å². The van der Waals surface area contributed by atoms with Gasteiger partial charge in [-0.05, 0) is 41.9 Å². The average molecular weight is 276 g/mol. The van der Waals surface area contributed by atoms with Crippen LogP contribution in [0.15, 0.2) is 40.9 Å². The molecular weight excluding hydrogens is 266 g/mol. The van der Waals surface area contributed by atoms with Crippen LogP contribution >= 0.6 is 11.6 Å². The third-order valence-corrected chi connectivity index (χ3v) is 3.13. The molecule has 3 aromatic rings. The van der Waals surface area contributed by atoms with Crippen LogP contribution in [-0.2, 0) is 0 Å². The Hall–Kier alpha value is -2.20. The van der Waals surface area contributed by atoms with Crippen LogP contribution in [0.25, 0.3) is 10.9 Å². The van der Waals surface area contributed by atoms with Crippen LogP contribution in [0.5, 0.6) is 5.75 Å². The number of H-pyrrole nitrogens is 1. The fourth-order valence-corrected chi connectivity index (χ4v) is 2.13. The third kappa shape index (κ3) is 2.00. The van der Waals surface area contributed by atoms with Crippen molar-refractivity contribution in [3.63, 3.8) is 0 Å². The Morgan fingerprint density at radius 3 is 2.84 bits per heavy atom. The second-order valence-corrected chi connectivity index (χ2v) is 4.42. The Labute approximate surface area is 113 Å². The zero-order valence-corrected chi connectivity index (χ0v) is 10.8. The number of methoxy groups -OCH3 is 1. The van der Waals surface area contributed by atoms with Gasteiger partial charge in [0.1, 0.15) is 5.75 Å². The van der Waals surface area contributed by atoms with Gasteiger partial charge < -0.3 is 14.1 Å². The summed E-state index contributed by atoms with van der Waals surface area (Å²) >= 11 is 5.69. The number of carbonyl (C=O) groups excluding carboxylic acids is 1. The number of furan rings is 1. The molecule has 0 aliphatic heterocycles. The molecule has 96 valence electrons. The van der Waals surface area contributed by atoms with Crippen LogP contribution in [0.2, 0.25) is 5.22 Å². The summed E-state index contributed by atoms with van der Waals surface area (Å²) in [5, 5.41) is 0.984. The molecule has 0 unspecified atom stereocenters. The molecule has 1 N–H and O–H groups in total. The number of hydrogen-bond acceptors (Lipinski definition) is 3. The first-order valence-electron chi connectivity index (χ1n) is 5.64. The maximum Gasteiger partial charge on any atom is 0.230 e. The van der Waals surface area contributed by atoms with Crippen molar-refractivity contribution in [2.75, 3.05) is 7.11 Å². The van der Waals surface area contributed by atoms with E-state index in [2.05, 4.69) is 4.98 Å². The molecule has 2 aromatic heterocycles. The Morgan fingerprint density at radius 1 is 1.32 bits per heavy atom. The zero-order valence-electron chi connectivity index (χ0n) is 10.1. The number of nitrogens with one attached hydrogen (secondary N) is 1. The van der Waals surface area contributed by atoms with Crippen LogP contribution in [0, 0.1) is 0 Å². The number of carbonyl (C=O) groups is 1. The lowest BCUT2D eigenvalue weighted by Gasteiger charge is -2.00. The minimum atomic E-state index is -0.216. The van der Waals surface area contributed by atoms with Crippen LogP contribution in [0.3, 0.4) is 0 Å². The minimum absolute atomic E-state index is 0.195. The second kappa shape index (κ2) is 4.48. The molecule has 19 heavy (non-hydrogen) atoms. The molecular formula is C14H10ClNO3. The van der Waals surface area contributed by atoms with Gasteiger partial charge in [0.25, 0.3) is 0 Å². The largest absolute Gasteiger partial charge is 0.497 e. The van der Waals surface area contributed by atoms with Crippen molar-refractivity contribution in [1.82, 2.24) is 4.98 Å². The van der Waals surface area contributed by atoms with E-state index in [-0.39, 0.29) is 16.8 Å². The molecule has 0 aliphatic rings. The molecule has 2 heterocycles. The Kier molecular flexibility index (Phi) is 2.80. The van der Waals surface area contributed by atoms with E-state index in [1.54, 1.807) is 25.4 Å². The first-order chi connectivity index (χ1) is 9.19. The number of fused-ring (bicyclic) bond motifs is 1. The molecule has 3 rings (SSSR count). The van der Waals surface area contributed by atoms with Crippen LogP contribution in [-0.4, -0.2) is 17.9 Å². The molecule has 5 heteroatoms. The van der Waals surface area contributed by atoms with Crippen molar-refractivity contribution in [2.45, 2.75) is 0 Å². The highest BCUT2D eigenvalue weighted by Gasteiger charge is 2.17. The van der Waals surface area contributed by atoms with Gasteiger partial charge in [0.2, 0.25) is 5.78 Å². The Balaban J connectivity index is 2.12. The molecule has 0 amide bonds. The molecule has 0 radical (unpaired) electrons. The van der Waals surface area contributed by atoms with E-state index < -0.39 is 0 Å². The summed E-state index contributed by atoms with van der Waals surface area (Å²) in [6.07, 6.45) is 1.66. The Morgan fingerprint density at radius 2 is 2.16 bits per heavy atom. The predicted molar refractivity (Wildman–Crippen MR) is 72.0 cm³/mol. The molecule has 0 bridgehead atoms. The molecule has 1 aromatic carbocycles. The maximum absolute atomic E-state index is 12.3. The predicted octanol–water partition coefficient (Wildman–Crippen LogP) is 3.65. The number of benzene rings is 1. The van der Waals surface area contributed by atoms with E-state index >= 15 is 0 Å². The molecule has 4 nitrogen and oxygen atoms in total. The number of halogens is 1. The smallest absolute Gasteiger partial charge is 0.230 e. The molecule has 0 fully saturated rings. The number of hydrogen-bond donors (Lipinski definition) is 1. The lowest BCUT2D eigenvalue weighted by atomic mass is 10.1. The van der Waals surface area contributed by atoms with Gasteiger partial charge in [-0.15, -0.1) is 0 Å². The fourth-order valence-electron chi connectivity index (χ4n) is 1.98. The van der Waals surface area contributed by atoms with Gasteiger partial charge in [-0.1, -0.05) is 0 Å². The van der Waals surface area contributed by atoms with Crippen molar-refractivity contribution >= 4 is 28.3 Å². The summed E-state index contributed by atoms with van der Waals surface area (Å²) in [4.78, 5) is 15.4. The lowest BCUT2D eigenvalue weighted by molar-refractivity contribution is 0.101. The van der Waals surface area contributed by atoms with Gasteiger partial charge in [0, 0.05) is 17.1 Å². The third-order valence-electron chi connectivity index (χ3n) is 2.93. The van der Waals surface area contributed by atoms with Gasteiger partial charge in [0.15, 0.2) is 11.0 Å². The van der Waals surface area contributed by atoms with E-state index in [1.807, 2.05) is 18.2 Å².